The Morgan fingerprint density at radius 3 is 2.50 bits per heavy atom. The molecule has 1 N–H and O–H groups in total. The highest BCUT2D eigenvalue weighted by molar-refractivity contribution is 5.91. The van der Waals surface area contributed by atoms with E-state index < -0.39 is 29.9 Å². The van der Waals surface area contributed by atoms with Gasteiger partial charge in [0.25, 0.3) is 0 Å². The van der Waals surface area contributed by atoms with Gasteiger partial charge in [-0.3, -0.25) is 0 Å². The number of benzene rings is 1. The van der Waals surface area contributed by atoms with Gasteiger partial charge in [-0.05, 0) is 32.9 Å². The van der Waals surface area contributed by atoms with Crippen LogP contribution in [0.2, 0.25) is 0 Å². The summed E-state index contributed by atoms with van der Waals surface area (Å²) >= 11 is 0. The van der Waals surface area contributed by atoms with Crippen molar-refractivity contribution in [1.29, 1.82) is 0 Å². The highest BCUT2D eigenvalue weighted by Gasteiger charge is 2.23. The third-order valence-corrected chi connectivity index (χ3v) is 2.65. The van der Waals surface area contributed by atoms with Gasteiger partial charge in [0.2, 0.25) is 0 Å². The average Bonchev–Trinajstić information content (AvgIpc) is 2.65. The first-order valence-electron chi connectivity index (χ1n) is 6.06. The normalized spacial score (nSPS) is 11.9. The molecule has 2 rings (SSSR count). The van der Waals surface area contributed by atoms with Gasteiger partial charge in [-0.25, -0.2) is 18.1 Å². The third kappa shape index (κ3) is 2.65. The molecular weight excluding hydrogens is 268 g/mol. The van der Waals surface area contributed by atoms with Crippen LogP contribution in [0.5, 0.6) is 0 Å². The third-order valence-electron chi connectivity index (χ3n) is 2.65. The van der Waals surface area contributed by atoms with Crippen molar-refractivity contribution in [2.24, 2.45) is 0 Å². The lowest BCUT2D eigenvalue weighted by Gasteiger charge is -2.20. The Bertz CT molecular complexity index is 671. The summed E-state index contributed by atoms with van der Waals surface area (Å²) in [5.74, 6) is -1.60. The Labute approximate surface area is 114 Å². The van der Waals surface area contributed by atoms with Gasteiger partial charge in [-0.2, -0.15) is 0 Å². The number of carbonyl (C=O) groups is 1. The molecule has 0 radical (unpaired) electrons. The topological polar surface area (TPSA) is 51.5 Å². The fourth-order valence-electron chi connectivity index (χ4n) is 1.92. The summed E-state index contributed by atoms with van der Waals surface area (Å²) in [7, 11) is 0. The summed E-state index contributed by atoms with van der Waals surface area (Å²) in [4.78, 5) is 12.1. The molecule has 108 valence electrons. The van der Waals surface area contributed by atoms with Crippen LogP contribution in [0.1, 0.15) is 26.5 Å². The number of aromatic nitrogens is 1. The molecule has 0 atom stereocenters. The highest BCUT2D eigenvalue weighted by Crippen LogP contribution is 2.25. The van der Waals surface area contributed by atoms with Crippen LogP contribution in [0.25, 0.3) is 10.9 Å². The van der Waals surface area contributed by atoms with E-state index in [2.05, 4.69) is 0 Å². The maximum absolute atomic E-state index is 13.7. The summed E-state index contributed by atoms with van der Waals surface area (Å²) in [5.41, 5.74) is -0.591. The number of fused-ring (bicyclic) bond motifs is 1. The van der Waals surface area contributed by atoms with Crippen molar-refractivity contribution in [1.82, 2.24) is 4.57 Å². The van der Waals surface area contributed by atoms with Crippen LogP contribution in [-0.2, 0) is 11.3 Å². The van der Waals surface area contributed by atoms with Crippen LogP contribution in [0.3, 0.4) is 0 Å². The van der Waals surface area contributed by atoms with Crippen LogP contribution >= 0.6 is 0 Å². The number of aliphatic hydroxyl groups excluding tert-OH is 1. The summed E-state index contributed by atoms with van der Waals surface area (Å²) in [5, 5.41) is 9.34. The second-order valence-corrected chi connectivity index (χ2v) is 5.43. The quantitative estimate of drug-likeness (QED) is 0.874. The number of hydrogen-bond acceptors (Lipinski definition) is 3. The predicted molar refractivity (Wildman–Crippen MR) is 69.4 cm³/mol. The van der Waals surface area contributed by atoms with Gasteiger partial charge in [0.1, 0.15) is 17.2 Å². The number of carbonyl (C=O) groups excluding carboxylic acids is 1. The largest absolute Gasteiger partial charge is 0.443 e. The van der Waals surface area contributed by atoms with Gasteiger partial charge in [0.05, 0.1) is 17.8 Å². The minimum atomic E-state index is -0.803. The van der Waals surface area contributed by atoms with Crippen molar-refractivity contribution in [2.45, 2.75) is 33.0 Å². The second kappa shape index (κ2) is 4.86. The maximum atomic E-state index is 13.7. The van der Waals surface area contributed by atoms with Crippen molar-refractivity contribution >= 4 is 17.0 Å². The van der Waals surface area contributed by atoms with Gasteiger partial charge < -0.3 is 9.84 Å². The van der Waals surface area contributed by atoms with Crippen LogP contribution in [0, 0.1) is 11.6 Å². The first kappa shape index (κ1) is 14.5. The fourth-order valence-corrected chi connectivity index (χ4v) is 1.92. The fraction of sp³-hybridized carbons (Fsp3) is 0.357. The number of nitrogens with zero attached hydrogens (tertiary/aromatic N) is 1. The number of ether oxygens (including phenoxy) is 1. The van der Waals surface area contributed by atoms with E-state index in [1.807, 2.05) is 0 Å². The van der Waals surface area contributed by atoms with Crippen molar-refractivity contribution in [2.75, 3.05) is 0 Å². The molecule has 0 fully saturated rings. The van der Waals surface area contributed by atoms with E-state index >= 15 is 0 Å². The van der Waals surface area contributed by atoms with Crippen molar-refractivity contribution in [3.05, 3.63) is 35.5 Å². The van der Waals surface area contributed by atoms with Gasteiger partial charge in [0, 0.05) is 11.5 Å². The first-order chi connectivity index (χ1) is 9.23. The summed E-state index contributed by atoms with van der Waals surface area (Å²) in [6, 6.07) is 3.05. The molecule has 0 aliphatic carbocycles. The molecule has 0 spiro atoms. The monoisotopic (exact) mass is 283 g/mol. The second-order valence-electron chi connectivity index (χ2n) is 5.43. The van der Waals surface area contributed by atoms with E-state index in [0.29, 0.717) is 0 Å². The SMILES string of the molecule is CC(C)(C)OC(=O)n1c(CO)cc2c(F)cc(F)cc21. The van der Waals surface area contributed by atoms with Crippen LogP contribution in [-0.4, -0.2) is 21.4 Å². The highest BCUT2D eigenvalue weighted by atomic mass is 19.1. The smallest absolute Gasteiger partial charge is 0.419 e. The van der Waals surface area contributed by atoms with Gasteiger partial charge >= 0.3 is 6.09 Å². The molecule has 1 heterocycles. The molecule has 0 saturated carbocycles. The molecule has 1 aromatic heterocycles. The van der Waals surface area contributed by atoms with E-state index in [-0.39, 0.29) is 16.6 Å². The Balaban J connectivity index is 2.64. The van der Waals surface area contributed by atoms with Crippen molar-refractivity contribution in [3.63, 3.8) is 0 Å². The summed E-state index contributed by atoms with van der Waals surface area (Å²) in [6.45, 7) is 4.54. The number of aliphatic hydroxyl groups is 1. The van der Waals surface area contributed by atoms with Crippen molar-refractivity contribution < 1.29 is 23.4 Å². The minimum Gasteiger partial charge on any atom is -0.443 e. The molecule has 0 aliphatic rings. The van der Waals surface area contributed by atoms with Crippen LogP contribution in [0.4, 0.5) is 13.6 Å². The standard InChI is InChI=1S/C14H15F2NO3/c1-14(2,3)20-13(19)17-9(7-18)6-10-11(16)4-8(15)5-12(10)17/h4-6,18H,7H2,1-3H3. The van der Waals surface area contributed by atoms with Crippen LogP contribution < -0.4 is 0 Å². The zero-order valence-corrected chi connectivity index (χ0v) is 11.4. The summed E-state index contributed by atoms with van der Waals surface area (Å²) in [6.07, 6.45) is -0.790. The van der Waals surface area contributed by atoms with Gasteiger partial charge in [-0.15, -0.1) is 0 Å². The molecule has 0 amide bonds. The molecule has 4 nitrogen and oxygen atoms in total. The Hall–Kier alpha value is -1.95. The molecule has 0 saturated heterocycles. The van der Waals surface area contributed by atoms with E-state index in [1.165, 1.54) is 6.07 Å². The predicted octanol–water partition coefficient (Wildman–Crippen LogP) is 3.20. The Kier molecular flexibility index (Phi) is 3.52. The minimum absolute atomic E-state index is 0.0285. The van der Waals surface area contributed by atoms with E-state index in [1.54, 1.807) is 20.8 Å². The Morgan fingerprint density at radius 2 is 1.95 bits per heavy atom. The Morgan fingerprint density at radius 1 is 1.30 bits per heavy atom. The number of rotatable bonds is 1. The van der Waals surface area contributed by atoms with Gasteiger partial charge in [-0.1, -0.05) is 0 Å². The summed E-state index contributed by atoms with van der Waals surface area (Å²) < 4.78 is 33.2. The average molecular weight is 283 g/mol. The lowest BCUT2D eigenvalue weighted by molar-refractivity contribution is 0.0533. The molecule has 2 aromatic rings. The molecular formula is C14H15F2NO3. The zero-order chi connectivity index (χ0) is 15.1. The van der Waals surface area contributed by atoms with E-state index in [0.717, 1.165) is 16.7 Å². The lowest BCUT2D eigenvalue weighted by atomic mass is 10.2. The molecule has 20 heavy (non-hydrogen) atoms. The number of hydrogen-bond donors (Lipinski definition) is 1. The van der Waals surface area contributed by atoms with E-state index in [9.17, 15) is 18.7 Å². The maximum Gasteiger partial charge on any atom is 0.419 e. The zero-order valence-electron chi connectivity index (χ0n) is 11.4. The number of halogens is 2. The molecule has 0 aliphatic heterocycles. The lowest BCUT2D eigenvalue weighted by Crippen LogP contribution is -2.28. The molecule has 6 heteroatoms. The molecule has 0 unspecified atom stereocenters. The van der Waals surface area contributed by atoms with Crippen molar-refractivity contribution in [3.8, 4) is 0 Å². The van der Waals surface area contributed by atoms with Crippen LogP contribution in [0.15, 0.2) is 18.2 Å². The first-order valence-corrected chi connectivity index (χ1v) is 6.06. The van der Waals surface area contributed by atoms with Gasteiger partial charge in [0.15, 0.2) is 0 Å². The molecule has 1 aromatic carbocycles. The molecule has 0 bridgehead atoms. The van der Waals surface area contributed by atoms with E-state index in [4.69, 9.17) is 4.74 Å².